The largest absolute Gasteiger partial charge is 0.493 e. The first-order valence-electron chi connectivity index (χ1n) is 13.0. The molecule has 2 aliphatic heterocycles. The van der Waals surface area contributed by atoms with E-state index in [1.807, 2.05) is 11.0 Å². The minimum Gasteiger partial charge on any atom is -0.493 e. The highest BCUT2D eigenvalue weighted by Crippen LogP contribution is 2.47. The van der Waals surface area contributed by atoms with E-state index in [0.29, 0.717) is 47.2 Å². The standard InChI is InChI=1S/C31H33FN2O4/c1-33-29(22-11-7-8-12-25(22)32)28(23-18-26(37-2)27(38-3)19-24(23)30(33)35)31(36)34-15-13-21(14-16-34)17-20-9-5-4-6-10-20/h4-12,18-19,21,28-29H,13-17H2,1-3H3/t28-,29+/m1/s1. The van der Waals surface area contributed by atoms with Crippen molar-refractivity contribution in [3.63, 3.8) is 0 Å². The van der Waals surface area contributed by atoms with Crippen LogP contribution in [0.5, 0.6) is 11.5 Å². The molecule has 2 heterocycles. The van der Waals surface area contributed by atoms with Gasteiger partial charge in [0.1, 0.15) is 5.82 Å². The quantitative estimate of drug-likeness (QED) is 0.450. The summed E-state index contributed by atoms with van der Waals surface area (Å²) in [7, 11) is 4.65. The number of rotatable bonds is 6. The number of likely N-dealkylation sites (N-methyl/N-ethyl adjacent to an activating group) is 1. The average molecular weight is 517 g/mol. The van der Waals surface area contributed by atoms with Gasteiger partial charge in [-0.15, -0.1) is 0 Å². The number of benzene rings is 3. The fourth-order valence-electron chi connectivity index (χ4n) is 5.92. The van der Waals surface area contributed by atoms with Crippen LogP contribution in [0, 0.1) is 11.7 Å². The van der Waals surface area contributed by atoms with Crippen molar-refractivity contribution >= 4 is 11.8 Å². The predicted molar refractivity (Wildman–Crippen MR) is 143 cm³/mol. The second kappa shape index (κ2) is 10.9. The number of hydrogen-bond acceptors (Lipinski definition) is 4. The topological polar surface area (TPSA) is 59.1 Å². The summed E-state index contributed by atoms with van der Waals surface area (Å²) in [6.45, 7) is 1.24. The van der Waals surface area contributed by atoms with E-state index in [9.17, 15) is 9.59 Å². The van der Waals surface area contributed by atoms with Crippen LogP contribution in [0.2, 0.25) is 0 Å². The third-order valence-electron chi connectivity index (χ3n) is 7.96. The van der Waals surface area contributed by atoms with Gasteiger partial charge < -0.3 is 19.3 Å². The zero-order valence-electron chi connectivity index (χ0n) is 22.0. The molecule has 0 radical (unpaired) electrons. The fourth-order valence-corrected chi connectivity index (χ4v) is 5.92. The Morgan fingerprint density at radius 1 is 0.921 bits per heavy atom. The van der Waals surface area contributed by atoms with E-state index in [1.165, 1.54) is 30.7 Å². The molecule has 0 aromatic heterocycles. The van der Waals surface area contributed by atoms with Crippen molar-refractivity contribution in [1.29, 1.82) is 0 Å². The number of ether oxygens (including phenoxy) is 2. The molecule has 0 spiro atoms. The molecule has 198 valence electrons. The second-order valence-corrected chi connectivity index (χ2v) is 10.1. The number of methoxy groups -OCH3 is 2. The van der Waals surface area contributed by atoms with E-state index in [0.717, 1.165) is 19.3 Å². The summed E-state index contributed by atoms with van der Waals surface area (Å²) >= 11 is 0. The van der Waals surface area contributed by atoms with Gasteiger partial charge in [0.05, 0.1) is 26.2 Å². The van der Waals surface area contributed by atoms with Crippen LogP contribution in [0.1, 0.15) is 51.8 Å². The zero-order chi connectivity index (χ0) is 26.8. The number of piperidine rings is 1. The Bertz CT molecular complexity index is 1320. The fraction of sp³-hybridized carbons (Fsp3) is 0.355. The van der Waals surface area contributed by atoms with Gasteiger partial charge in [-0.05, 0) is 54.5 Å². The third kappa shape index (κ3) is 4.73. The van der Waals surface area contributed by atoms with E-state index >= 15 is 4.39 Å². The molecule has 1 fully saturated rings. The minimum atomic E-state index is -0.788. The third-order valence-corrected chi connectivity index (χ3v) is 7.96. The number of fused-ring (bicyclic) bond motifs is 1. The van der Waals surface area contributed by atoms with Gasteiger partial charge in [0.15, 0.2) is 11.5 Å². The molecule has 2 aliphatic rings. The van der Waals surface area contributed by atoms with Crippen LogP contribution >= 0.6 is 0 Å². The summed E-state index contributed by atoms with van der Waals surface area (Å²) in [5.74, 6) is -0.295. The Labute approximate surface area is 223 Å². The van der Waals surface area contributed by atoms with Gasteiger partial charge in [0.2, 0.25) is 5.91 Å². The molecule has 1 saturated heterocycles. The zero-order valence-corrected chi connectivity index (χ0v) is 22.0. The first-order valence-corrected chi connectivity index (χ1v) is 13.0. The van der Waals surface area contributed by atoms with Crippen LogP contribution in [0.25, 0.3) is 0 Å². The number of carbonyl (C=O) groups is 2. The molecular weight excluding hydrogens is 483 g/mol. The molecule has 0 bridgehead atoms. The van der Waals surface area contributed by atoms with Gasteiger partial charge in [-0.1, -0.05) is 48.5 Å². The van der Waals surface area contributed by atoms with Crippen molar-refractivity contribution in [2.45, 2.75) is 31.2 Å². The lowest BCUT2D eigenvalue weighted by molar-refractivity contribution is -0.136. The van der Waals surface area contributed by atoms with E-state index in [-0.39, 0.29) is 11.8 Å². The monoisotopic (exact) mass is 516 g/mol. The average Bonchev–Trinajstić information content (AvgIpc) is 2.95. The van der Waals surface area contributed by atoms with Crippen molar-refractivity contribution in [3.05, 3.63) is 94.8 Å². The summed E-state index contributed by atoms with van der Waals surface area (Å²) in [5, 5.41) is 0. The van der Waals surface area contributed by atoms with E-state index < -0.39 is 17.8 Å². The smallest absolute Gasteiger partial charge is 0.254 e. The van der Waals surface area contributed by atoms with Gasteiger partial charge >= 0.3 is 0 Å². The lowest BCUT2D eigenvalue weighted by Gasteiger charge is -2.43. The van der Waals surface area contributed by atoms with Crippen LogP contribution in [-0.2, 0) is 11.2 Å². The highest BCUT2D eigenvalue weighted by Gasteiger charge is 2.46. The molecule has 3 aromatic carbocycles. The van der Waals surface area contributed by atoms with Gasteiger partial charge in [0, 0.05) is 31.3 Å². The van der Waals surface area contributed by atoms with Crippen LogP contribution in [0.15, 0.2) is 66.7 Å². The van der Waals surface area contributed by atoms with Crippen LogP contribution < -0.4 is 9.47 Å². The van der Waals surface area contributed by atoms with Crippen molar-refractivity contribution < 1.29 is 23.5 Å². The van der Waals surface area contributed by atoms with E-state index in [1.54, 1.807) is 37.4 Å². The summed E-state index contributed by atoms with van der Waals surface area (Å²) in [6.07, 6.45) is 2.78. The molecule has 0 aliphatic carbocycles. The van der Waals surface area contributed by atoms with Gasteiger partial charge in [-0.2, -0.15) is 0 Å². The SMILES string of the molecule is COc1cc2c(cc1OC)[C@@H](C(=O)N1CCC(Cc3ccccc3)CC1)[C@H](c1ccccc1F)N(C)C2=O. The second-order valence-electron chi connectivity index (χ2n) is 10.1. The van der Waals surface area contributed by atoms with Crippen LogP contribution in [-0.4, -0.2) is 56.0 Å². The lowest BCUT2D eigenvalue weighted by atomic mass is 9.78. The molecule has 38 heavy (non-hydrogen) atoms. The highest BCUT2D eigenvalue weighted by atomic mass is 19.1. The Balaban J connectivity index is 1.50. The Morgan fingerprint density at radius 2 is 1.55 bits per heavy atom. The van der Waals surface area contributed by atoms with Crippen molar-refractivity contribution in [3.8, 4) is 11.5 Å². The molecular formula is C31H33FN2O4. The predicted octanol–water partition coefficient (Wildman–Crippen LogP) is 5.23. The first-order chi connectivity index (χ1) is 18.4. The summed E-state index contributed by atoms with van der Waals surface area (Å²) in [4.78, 5) is 31.2. The Hall–Kier alpha value is -3.87. The Morgan fingerprint density at radius 3 is 2.21 bits per heavy atom. The van der Waals surface area contributed by atoms with Gasteiger partial charge in [0.25, 0.3) is 5.91 Å². The number of halogens is 1. The first kappa shape index (κ1) is 25.8. The molecule has 0 unspecified atom stereocenters. The van der Waals surface area contributed by atoms with Crippen LogP contribution in [0.3, 0.4) is 0 Å². The number of carbonyl (C=O) groups excluding carboxylic acids is 2. The molecule has 0 N–H and O–H groups in total. The van der Waals surface area contributed by atoms with E-state index in [4.69, 9.17) is 9.47 Å². The minimum absolute atomic E-state index is 0.107. The van der Waals surface area contributed by atoms with Crippen LogP contribution in [0.4, 0.5) is 4.39 Å². The van der Waals surface area contributed by atoms with Crippen molar-refractivity contribution in [2.75, 3.05) is 34.4 Å². The van der Waals surface area contributed by atoms with Gasteiger partial charge in [-0.3, -0.25) is 9.59 Å². The maximum Gasteiger partial charge on any atom is 0.254 e. The Kier molecular flexibility index (Phi) is 7.36. The van der Waals surface area contributed by atoms with Crippen molar-refractivity contribution in [1.82, 2.24) is 9.80 Å². The maximum absolute atomic E-state index is 15.1. The highest BCUT2D eigenvalue weighted by molar-refractivity contribution is 6.02. The molecule has 0 saturated carbocycles. The maximum atomic E-state index is 15.1. The number of nitrogens with zero attached hydrogens (tertiary/aromatic N) is 2. The summed E-state index contributed by atoms with van der Waals surface area (Å²) in [6, 6.07) is 19.3. The number of amides is 2. The summed E-state index contributed by atoms with van der Waals surface area (Å²) in [5.41, 5.74) is 2.53. The number of hydrogen-bond donors (Lipinski definition) is 0. The molecule has 2 amide bonds. The molecule has 3 aromatic rings. The van der Waals surface area contributed by atoms with Gasteiger partial charge in [-0.25, -0.2) is 4.39 Å². The molecule has 2 atom stereocenters. The summed E-state index contributed by atoms with van der Waals surface area (Å²) < 4.78 is 26.1. The lowest BCUT2D eigenvalue weighted by Crippen LogP contribution is -2.49. The van der Waals surface area contributed by atoms with E-state index in [2.05, 4.69) is 24.3 Å². The molecule has 5 rings (SSSR count). The normalized spacial score (nSPS) is 19.7. The van der Waals surface area contributed by atoms with Crippen molar-refractivity contribution in [2.24, 2.45) is 5.92 Å². The molecule has 7 heteroatoms. The number of likely N-dealkylation sites (tertiary alicyclic amines) is 1. The molecule has 6 nitrogen and oxygen atoms in total.